The van der Waals surface area contributed by atoms with Crippen molar-refractivity contribution in [2.45, 2.75) is 328 Å². The Morgan fingerprint density at radius 2 is 0.683 bits per heavy atom. The van der Waals surface area contributed by atoms with Crippen molar-refractivity contribution in [3.8, 4) is 0 Å². The van der Waals surface area contributed by atoms with E-state index in [2.05, 4.69) is 39.8 Å². The summed E-state index contributed by atoms with van der Waals surface area (Å²) in [6, 6.07) is 0. The quantitative estimate of drug-likeness (QED) is 0.0307. The number of aliphatic hydroxyl groups is 4. The maximum atomic E-state index is 12.1. The third-order valence-corrected chi connectivity index (χ3v) is 14.0. The van der Waals surface area contributed by atoms with Crippen LogP contribution in [-0.4, -0.2) is 56.4 Å². The molecule has 0 radical (unpaired) electrons. The number of allylic oxidation sites excluding steroid dienone is 2. The van der Waals surface area contributed by atoms with Crippen LogP contribution in [-0.2, 0) is 4.79 Å². The van der Waals surface area contributed by atoms with Gasteiger partial charge in [0.2, 0.25) is 0 Å². The van der Waals surface area contributed by atoms with Crippen LogP contribution >= 0.6 is 0 Å². The molecule has 0 saturated heterocycles. The van der Waals surface area contributed by atoms with Gasteiger partial charge in [-0.1, -0.05) is 271 Å². The third-order valence-electron chi connectivity index (χ3n) is 14.0. The van der Waals surface area contributed by atoms with Crippen molar-refractivity contribution >= 4 is 5.97 Å². The zero-order valence-corrected chi connectivity index (χ0v) is 43.1. The van der Waals surface area contributed by atoms with Gasteiger partial charge in [-0.05, 0) is 51.4 Å². The van der Waals surface area contributed by atoms with Crippen molar-refractivity contribution < 1.29 is 30.3 Å². The highest BCUT2D eigenvalue weighted by molar-refractivity contribution is 5.66. The molecule has 0 fully saturated rings. The monoisotopic (exact) mass is 895 g/mol. The summed E-state index contributed by atoms with van der Waals surface area (Å²) in [5.74, 6) is -0.664. The van der Waals surface area contributed by atoms with Crippen LogP contribution < -0.4 is 0 Å². The normalized spacial score (nSPS) is 13.3. The molecule has 0 heterocycles. The summed E-state index contributed by atoms with van der Waals surface area (Å²) in [4.78, 5) is 10.3. The highest BCUT2D eigenvalue weighted by Crippen LogP contribution is 2.44. The molecule has 0 aromatic carbocycles. The van der Waals surface area contributed by atoms with Crippen LogP contribution in [0.25, 0.3) is 0 Å². The van der Waals surface area contributed by atoms with E-state index < -0.39 is 23.1 Å². The lowest BCUT2D eigenvalue weighted by Crippen LogP contribution is -2.59. The predicted octanol–water partition coefficient (Wildman–Crippen LogP) is 17.3. The summed E-state index contributed by atoms with van der Waals surface area (Å²) in [7, 11) is 0. The van der Waals surface area contributed by atoms with E-state index in [4.69, 9.17) is 5.11 Å². The molecule has 0 saturated carbocycles. The molecule has 0 rings (SSSR count). The number of carbonyl (C=O) groups is 1. The molecular formula is C57H114O6. The van der Waals surface area contributed by atoms with Gasteiger partial charge in [-0.2, -0.15) is 0 Å². The minimum Gasteiger partial charge on any atom is -0.481 e. The van der Waals surface area contributed by atoms with Gasteiger partial charge < -0.3 is 25.5 Å². The number of hydrogen-bond acceptors (Lipinski definition) is 5. The second-order valence-corrected chi connectivity index (χ2v) is 19.9. The molecule has 0 spiro atoms. The Hall–Kier alpha value is -0.950. The molecule has 63 heavy (non-hydrogen) atoms. The summed E-state index contributed by atoms with van der Waals surface area (Å²) in [5.41, 5.74) is -2.49. The summed E-state index contributed by atoms with van der Waals surface area (Å²) in [5, 5.41) is 53.3. The minimum atomic E-state index is -1.26. The number of rotatable bonds is 50. The number of hydrogen-bond donors (Lipinski definition) is 5. The first kappa shape index (κ1) is 64.1. The number of carboxylic acids is 1. The van der Waals surface area contributed by atoms with Crippen molar-refractivity contribution in [2.24, 2.45) is 5.41 Å². The molecule has 0 aromatic heterocycles. The number of carboxylic acid groups (broad SMARTS) is 1. The fraction of sp³-hybridized carbons (Fsp3) is 0.947. The average Bonchev–Trinajstić information content (AvgIpc) is 3.28. The van der Waals surface area contributed by atoms with Crippen molar-refractivity contribution in [1.82, 2.24) is 0 Å². The molecule has 0 aliphatic rings. The molecule has 0 aromatic rings. The van der Waals surface area contributed by atoms with Gasteiger partial charge in [0.25, 0.3) is 0 Å². The summed E-state index contributed by atoms with van der Waals surface area (Å²) >= 11 is 0. The average molecular weight is 896 g/mol. The number of unbranched alkanes of at least 4 members (excludes halogenated alkanes) is 36. The first-order valence-corrected chi connectivity index (χ1v) is 28.2. The van der Waals surface area contributed by atoms with Crippen LogP contribution in [0.5, 0.6) is 0 Å². The van der Waals surface area contributed by atoms with Gasteiger partial charge in [0.05, 0.1) is 30.3 Å². The van der Waals surface area contributed by atoms with E-state index in [1.165, 1.54) is 205 Å². The minimum absolute atomic E-state index is 0.332. The summed E-state index contributed by atoms with van der Waals surface area (Å²) < 4.78 is 0. The molecule has 2 unspecified atom stereocenters. The largest absolute Gasteiger partial charge is 0.481 e. The highest BCUT2D eigenvalue weighted by Gasteiger charge is 2.53. The molecular weight excluding hydrogens is 781 g/mol. The Morgan fingerprint density at radius 3 is 0.984 bits per heavy atom. The molecule has 0 amide bonds. The Balaban J connectivity index is 0. The smallest absolute Gasteiger partial charge is 0.303 e. The molecule has 0 bridgehead atoms. The van der Waals surface area contributed by atoms with Crippen LogP contribution in [0.4, 0.5) is 0 Å². The molecule has 0 aliphatic carbocycles. The van der Waals surface area contributed by atoms with Gasteiger partial charge in [-0.15, -0.1) is 0 Å². The van der Waals surface area contributed by atoms with Crippen molar-refractivity contribution in [3.63, 3.8) is 0 Å². The zero-order valence-electron chi connectivity index (χ0n) is 43.1. The standard InChI is InChI=1S/C39H80O4.C18H34O2/c1-4-7-10-13-16-18-20-21-22-24-26-29-32-37(42)38(35-40,36-41)39(43,33-30-27-15-12-9-6-3)34-31-28-25-23-19-17-14-11-8-5-2;1-2-3-4-5-6-7-8-9-10-11-12-13-14-15-16-17-18(19)20/h37,40-43H,4-36H2,1-3H3;9-10H,2-8,11-17H2,1H3,(H,19,20)/b;10-9-. The number of aliphatic carboxylic acids is 1. The van der Waals surface area contributed by atoms with Gasteiger partial charge >= 0.3 is 5.97 Å². The lowest BCUT2D eigenvalue weighted by molar-refractivity contribution is -0.193. The van der Waals surface area contributed by atoms with Crippen LogP contribution in [0.1, 0.15) is 317 Å². The summed E-state index contributed by atoms with van der Waals surface area (Å²) in [6.07, 6.45) is 56.3. The zero-order chi connectivity index (χ0) is 46.8. The lowest BCUT2D eigenvalue weighted by atomic mass is 9.63. The molecule has 2 atom stereocenters. The van der Waals surface area contributed by atoms with Crippen LogP contribution in [0.15, 0.2) is 12.2 Å². The van der Waals surface area contributed by atoms with E-state index in [0.29, 0.717) is 25.7 Å². The summed E-state index contributed by atoms with van der Waals surface area (Å²) in [6.45, 7) is 8.27. The first-order valence-electron chi connectivity index (χ1n) is 28.2. The topological polar surface area (TPSA) is 118 Å². The van der Waals surface area contributed by atoms with Crippen LogP contribution in [0.3, 0.4) is 0 Å². The van der Waals surface area contributed by atoms with E-state index in [-0.39, 0.29) is 13.2 Å². The lowest BCUT2D eigenvalue weighted by Gasteiger charge is -2.48. The van der Waals surface area contributed by atoms with E-state index in [9.17, 15) is 25.2 Å². The van der Waals surface area contributed by atoms with Gasteiger partial charge in [-0.25, -0.2) is 0 Å². The second-order valence-electron chi connectivity index (χ2n) is 19.9. The number of aliphatic hydroxyl groups excluding tert-OH is 3. The Bertz CT molecular complexity index is 918. The maximum absolute atomic E-state index is 12.1. The van der Waals surface area contributed by atoms with Gasteiger partial charge in [-0.3, -0.25) is 4.79 Å². The van der Waals surface area contributed by atoms with Gasteiger partial charge in [0, 0.05) is 6.42 Å². The molecule has 6 heteroatoms. The molecule has 6 nitrogen and oxygen atoms in total. The highest BCUT2D eigenvalue weighted by atomic mass is 16.4. The second kappa shape index (κ2) is 50.5. The third kappa shape index (κ3) is 39.9. The maximum Gasteiger partial charge on any atom is 0.303 e. The van der Waals surface area contributed by atoms with Crippen LogP contribution in [0, 0.1) is 5.41 Å². The Labute approximate surface area is 394 Å². The van der Waals surface area contributed by atoms with Gasteiger partial charge in [0.15, 0.2) is 0 Å². The van der Waals surface area contributed by atoms with E-state index in [1.807, 2.05) is 0 Å². The van der Waals surface area contributed by atoms with Gasteiger partial charge in [0.1, 0.15) is 0 Å². The molecule has 5 N–H and O–H groups in total. The fourth-order valence-corrected chi connectivity index (χ4v) is 9.39. The van der Waals surface area contributed by atoms with Crippen LogP contribution in [0.2, 0.25) is 0 Å². The Morgan fingerprint density at radius 1 is 0.413 bits per heavy atom. The van der Waals surface area contributed by atoms with E-state index >= 15 is 0 Å². The molecule has 0 aliphatic heterocycles. The SMILES string of the molecule is CCCCCCCC/C=C\CCCCCCCC(=O)O.CCCCCCCCCCCCCCC(O)C(CO)(CO)C(O)(CCCCCCCC)CCCCCCCCCCCC. The van der Waals surface area contributed by atoms with Crippen molar-refractivity contribution in [2.75, 3.05) is 13.2 Å². The Kier molecular flexibility index (Phi) is 51.4. The fourth-order valence-electron chi connectivity index (χ4n) is 9.39. The van der Waals surface area contributed by atoms with E-state index in [1.54, 1.807) is 0 Å². The first-order chi connectivity index (χ1) is 30.7. The predicted molar refractivity (Wildman–Crippen MR) is 275 cm³/mol. The molecule has 378 valence electrons. The van der Waals surface area contributed by atoms with E-state index in [0.717, 1.165) is 57.8 Å². The van der Waals surface area contributed by atoms with Crippen molar-refractivity contribution in [1.29, 1.82) is 0 Å². The van der Waals surface area contributed by atoms with Crippen molar-refractivity contribution in [3.05, 3.63) is 12.2 Å².